The van der Waals surface area contributed by atoms with Crippen LogP contribution in [-0.2, 0) is 16.1 Å². The second kappa shape index (κ2) is 19.2. The van der Waals surface area contributed by atoms with E-state index in [-0.39, 0.29) is 23.3 Å². The van der Waals surface area contributed by atoms with Gasteiger partial charge in [0.1, 0.15) is 0 Å². The molecule has 1 fully saturated rings. The smallest absolute Gasteiger partial charge is 0.223 e. The zero-order valence-corrected chi connectivity index (χ0v) is 25.1. The predicted molar refractivity (Wildman–Crippen MR) is 162 cm³/mol. The van der Waals surface area contributed by atoms with E-state index in [1.807, 2.05) is 12.4 Å². The van der Waals surface area contributed by atoms with Crippen LogP contribution in [0.4, 0.5) is 0 Å². The van der Waals surface area contributed by atoms with Crippen molar-refractivity contribution in [2.24, 2.45) is 16.9 Å². The fourth-order valence-electron chi connectivity index (χ4n) is 3.50. The Morgan fingerprint density at radius 1 is 1.21 bits per heavy atom. The third-order valence-corrected chi connectivity index (χ3v) is 6.58. The van der Waals surface area contributed by atoms with E-state index in [0.29, 0.717) is 25.9 Å². The number of benzene rings is 1. The minimum Gasteiger partial charge on any atom is -0.400 e. The van der Waals surface area contributed by atoms with Gasteiger partial charge in [-0.1, -0.05) is 69.8 Å². The first-order valence-corrected chi connectivity index (χ1v) is 13.9. The number of hydrogen-bond acceptors (Lipinski definition) is 7. The Labute approximate surface area is 238 Å². The van der Waals surface area contributed by atoms with Gasteiger partial charge in [0.2, 0.25) is 11.8 Å². The van der Waals surface area contributed by atoms with Crippen molar-refractivity contribution in [3.8, 4) is 10.4 Å². The van der Waals surface area contributed by atoms with Gasteiger partial charge in [-0.25, -0.2) is 4.98 Å². The maximum absolute atomic E-state index is 11.6. The van der Waals surface area contributed by atoms with E-state index < -0.39 is 0 Å². The molecule has 0 saturated carbocycles. The number of primary amides is 1. The second-order valence-corrected chi connectivity index (χ2v) is 11.2. The molecule has 2 aromatic rings. The number of nitrogens with two attached hydrogens (primary N) is 2. The van der Waals surface area contributed by atoms with Gasteiger partial charge >= 0.3 is 0 Å². The van der Waals surface area contributed by atoms with Crippen LogP contribution in [-0.4, -0.2) is 58.2 Å². The Kier molecular flexibility index (Phi) is 17.8. The van der Waals surface area contributed by atoms with Gasteiger partial charge in [-0.2, -0.15) is 0 Å². The number of allylic oxidation sites excluding steroid dienone is 2. The molecule has 8 nitrogen and oxygen atoms in total. The fourth-order valence-corrected chi connectivity index (χ4v) is 4.31. The number of thiazole rings is 1. The number of hydrogen-bond donors (Lipinski definition) is 4. The van der Waals surface area contributed by atoms with Crippen LogP contribution >= 0.6 is 11.3 Å². The minimum atomic E-state index is -0.302. The van der Waals surface area contributed by atoms with Gasteiger partial charge in [-0.15, -0.1) is 11.3 Å². The molecular weight excluding hydrogens is 512 g/mol. The van der Waals surface area contributed by atoms with Crippen LogP contribution in [0, 0.1) is 12.3 Å². The van der Waals surface area contributed by atoms with Crippen LogP contribution in [0.5, 0.6) is 0 Å². The van der Waals surface area contributed by atoms with Crippen molar-refractivity contribution in [2.45, 2.75) is 72.4 Å². The molecule has 1 unspecified atom stereocenters. The highest BCUT2D eigenvalue weighted by atomic mass is 32.1. The molecule has 1 saturated heterocycles. The molecule has 0 aliphatic carbocycles. The third-order valence-electron chi connectivity index (χ3n) is 5.60. The first-order valence-electron chi connectivity index (χ1n) is 13.0. The molecule has 1 atom stereocenters. The van der Waals surface area contributed by atoms with Crippen molar-refractivity contribution in [3.05, 3.63) is 65.8 Å². The van der Waals surface area contributed by atoms with Crippen molar-refractivity contribution in [1.82, 2.24) is 9.88 Å². The summed E-state index contributed by atoms with van der Waals surface area (Å²) in [5.74, 6) is -0.0825. The van der Waals surface area contributed by atoms with Crippen molar-refractivity contribution in [3.63, 3.8) is 0 Å². The summed E-state index contributed by atoms with van der Waals surface area (Å²) in [5, 5.41) is 16.3. The van der Waals surface area contributed by atoms with Gasteiger partial charge in [0.25, 0.3) is 0 Å². The largest absolute Gasteiger partial charge is 0.400 e. The number of aromatic nitrogens is 1. The number of β-amino-alcohol motifs (C(OH)–C–C–N with tert-alkyl or cyclic N) is 1. The maximum Gasteiger partial charge on any atom is 0.223 e. The fraction of sp³-hybridized carbons (Fsp3) is 0.500. The third kappa shape index (κ3) is 16.0. The van der Waals surface area contributed by atoms with Crippen molar-refractivity contribution in [2.75, 3.05) is 20.2 Å². The van der Waals surface area contributed by atoms with Crippen molar-refractivity contribution >= 4 is 23.2 Å². The van der Waals surface area contributed by atoms with E-state index in [4.69, 9.17) is 16.6 Å². The van der Waals surface area contributed by atoms with Crippen LogP contribution < -0.4 is 11.5 Å². The van der Waals surface area contributed by atoms with Crippen LogP contribution in [0.3, 0.4) is 0 Å². The molecule has 218 valence electrons. The number of aryl methyl sites for hydroxylation is 1. The number of carbonyl (C=O) groups excluding carboxylic acids is 2. The van der Waals surface area contributed by atoms with Crippen LogP contribution in [0.2, 0.25) is 0 Å². The molecule has 0 radical (unpaired) electrons. The average molecular weight is 561 g/mol. The van der Waals surface area contributed by atoms with Gasteiger partial charge in [-0.3, -0.25) is 9.59 Å². The average Bonchev–Trinajstić information content (AvgIpc) is 3.53. The molecule has 1 aliphatic heterocycles. The lowest BCUT2D eigenvalue weighted by Crippen LogP contribution is -2.32. The molecule has 0 bridgehead atoms. The van der Waals surface area contributed by atoms with Crippen molar-refractivity contribution < 1.29 is 19.8 Å². The van der Waals surface area contributed by atoms with Gasteiger partial charge in [0.05, 0.1) is 22.2 Å². The monoisotopic (exact) mass is 560 g/mol. The molecule has 1 aromatic carbocycles. The Balaban J connectivity index is 0.000000546. The molecule has 9 heteroatoms. The predicted octanol–water partition coefficient (Wildman–Crippen LogP) is 4.59. The van der Waals surface area contributed by atoms with E-state index in [2.05, 4.69) is 63.2 Å². The first kappa shape index (κ1) is 36.1. The number of amides is 2. The maximum atomic E-state index is 11.6. The molecule has 6 N–H and O–H groups in total. The number of aliphatic hydroxyl groups excluding tert-OH is 2. The standard InChI is InChI=1S/C11H12N2S.C10H19NO2.C8H13NO.CH4O/c1-8-11(14-7-13-8)10-4-2-9(6-12)3-5-10;1-10(2,3)6-9(13)11-5-4-8(12)7-11;1-3-7(2)5-4-6-8(9)10;1-2/h2-5,7H,6,12H2,1H3;8,12H,4-7H2,1-3H3;3H,1-2,4-6H2,(H2,9,10);2H,1H3. The van der Waals surface area contributed by atoms with Gasteiger partial charge in [-0.05, 0) is 42.7 Å². The van der Waals surface area contributed by atoms with E-state index in [1.165, 1.54) is 10.4 Å². The van der Waals surface area contributed by atoms with E-state index in [0.717, 1.165) is 49.7 Å². The molecule has 3 rings (SSSR count). The number of nitrogens with zero attached hydrogens (tertiary/aromatic N) is 2. The zero-order chi connectivity index (χ0) is 30.0. The highest BCUT2D eigenvalue weighted by molar-refractivity contribution is 7.13. The summed E-state index contributed by atoms with van der Waals surface area (Å²) >= 11 is 1.67. The molecule has 1 aromatic heterocycles. The molecule has 1 aliphatic rings. The molecular formula is C30H48N4O4S. The summed E-state index contributed by atoms with van der Waals surface area (Å²) in [7, 11) is 1.00. The molecule has 39 heavy (non-hydrogen) atoms. The minimum absolute atomic E-state index is 0.0463. The molecule has 2 amide bonds. The Hall–Kier alpha value is -2.85. The number of aliphatic hydroxyl groups is 2. The van der Waals surface area contributed by atoms with Gasteiger partial charge < -0.3 is 26.6 Å². The van der Waals surface area contributed by atoms with Gasteiger partial charge in [0.15, 0.2) is 0 Å². The Morgan fingerprint density at radius 3 is 2.23 bits per heavy atom. The lowest BCUT2D eigenvalue weighted by Gasteiger charge is -2.22. The summed E-state index contributed by atoms with van der Waals surface area (Å²) in [6.07, 6.45) is 4.72. The zero-order valence-electron chi connectivity index (χ0n) is 24.3. The van der Waals surface area contributed by atoms with E-state index >= 15 is 0 Å². The second-order valence-electron chi connectivity index (χ2n) is 10.4. The van der Waals surface area contributed by atoms with Crippen LogP contribution in [0.15, 0.2) is 54.6 Å². The quantitative estimate of drug-likeness (QED) is 0.348. The summed E-state index contributed by atoms with van der Waals surface area (Å²) in [6, 6.07) is 8.33. The van der Waals surface area contributed by atoms with E-state index in [1.54, 1.807) is 22.3 Å². The Bertz CT molecular complexity index is 1010. The molecule has 2 heterocycles. The van der Waals surface area contributed by atoms with E-state index in [9.17, 15) is 14.7 Å². The highest BCUT2D eigenvalue weighted by Gasteiger charge is 2.27. The van der Waals surface area contributed by atoms with Crippen LogP contribution in [0.1, 0.15) is 64.1 Å². The van der Waals surface area contributed by atoms with Crippen LogP contribution in [0.25, 0.3) is 10.4 Å². The van der Waals surface area contributed by atoms with Gasteiger partial charge in [0, 0.05) is 39.6 Å². The number of likely N-dealkylation sites (tertiary alicyclic amines) is 1. The summed E-state index contributed by atoms with van der Waals surface area (Å²) in [5.41, 5.74) is 16.8. The Morgan fingerprint density at radius 2 is 1.82 bits per heavy atom. The lowest BCUT2D eigenvalue weighted by atomic mass is 9.92. The number of rotatable bonds is 8. The molecule has 0 spiro atoms. The highest BCUT2D eigenvalue weighted by Crippen LogP contribution is 2.27. The lowest BCUT2D eigenvalue weighted by molar-refractivity contribution is -0.132. The topological polar surface area (TPSA) is 143 Å². The summed E-state index contributed by atoms with van der Waals surface area (Å²) in [6.45, 7) is 17.3. The normalized spacial score (nSPS) is 14.1. The number of carbonyl (C=O) groups is 2. The summed E-state index contributed by atoms with van der Waals surface area (Å²) < 4.78 is 0. The van der Waals surface area contributed by atoms with Crippen molar-refractivity contribution in [1.29, 1.82) is 0 Å². The first-order chi connectivity index (χ1) is 18.4. The summed E-state index contributed by atoms with van der Waals surface area (Å²) in [4.78, 5) is 29.1. The SMILES string of the molecule is C=CC(=C)CCCC(N)=O.CC(C)(C)CC(=O)N1CCC(O)C1.CO.Cc1ncsc1-c1ccc(CN)cc1.